The molecule has 2 rings (SSSR count). The van der Waals surface area contributed by atoms with Gasteiger partial charge in [0.05, 0.1) is 17.7 Å². The summed E-state index contributed by atoms with van der Waals surface area (Å²) in [7, 11) is -3.62. The first-order valence-corrected chi connectivity index (χ1v) is 9.55. The molecule has 0 bridgehead atoms. The number of nitro benzene ring substituents is 1. The fourth-order valence-electron chi connectivity index (χ4n) is 2.25. The molecular weight excluding hydrogens is 358 g/mol. The molecule has 0 unspecified atom stereocenters. The van der Waals surface area contributed by atoms with Crippen LogP contribution >= 0.6 is 0 Å². The van der Waals surface area contributed by atoms with Gasteiger partial charge in [0.1, 0.15) is 0 Å². The minimum absolute atomic E-state index is 0.0570. The highest BCUT2D eigenvalue weighted by atomic mass is 32.2. The maximum atomic E-state index is 12.2. The number of sulfonamides is 1. The van der Waals surface area contributed by atoms with E-state index in [0.29, 0.717) is 0 Å². The summed E-state index contributed by atoms with van der Waals surface area (Å²) in [6.45, 7) is 1.58. The summed E-state index contributed by atoms with van der Waals surface area (Å²) >= 11 is 0. The van der Waals surface area contributed by atoms with Gasteiger partial charge in [-0.3, -0.25) is 14.9 Å². The number of nitrogens with one attached hydrogen (secondary N) is 1. The molecule has 0 radical (unpaired) electrons. The number of nitro groups is 1. The molecule has 9 heteroatoms. The van der Waals surface area contributed by atoms with E-state index in [1.165, 1.54) is 24.3 Å². The molecule has 0 aromatic heterocycles. The van der Waals surface area contributed by atoms with Gasteiger partial charge in [0.15, 0.2) is 0 Å². The van der Waals surface area contributed by atoms with E-state index in [2.05, 4.69) is 5.32 Å². The number of hydrogen-bond acceptors (Lipinski definition) is 5. The maximum Gasteiger partial charge on any atom is 0.271 e. The molecule has 0 aliphatic rings. The second kappa shape index (κ2) is 8.07. The molecule has 0 aliphatic heterocycles. The van der Waals surface area contributed by atoms with Crippen molar-refractivity contribution in [1.82, 2.24) is 4.31 Å². The van der Waals surface area contributed by atoms with Crippen LogP contribution in [-0.2, 0) is 21.4 Å². The van der Waals surface area contributed by atoms with Crippen molar-refractivity contribution < 1.29 is 18.1 Å². The molecule has 26 heavy (non-hydrogen) atoms. The van der Waals surface area contributed by atoms with E-state index in [4.69, 9.17) is 0 Å². The van der Waals surface area contributed by atoms with Gasteiger partial charge in [-0.25, -0.2) is 8.42 Å². The van der Waals surface area contributed by atoms with E-state index < -0.39 is 27.4 Å². The summed E-state index contributed by atoms with van der Waals surface area (Å²) in [5, 5.41) is 13.3. The number of non-ortho nitro benzene ring substituents is 1. The van der Waals surface area contributed by atoms with E-state index in [0.717, 1.165) is 21.7 Å². The summed E-state index contributed by atoms with van der Waals surface area (Å²) in [4.78, 5) is 22.4. The van der Waals surface area contributed by atoms with Gasteiger partial charge in [-0.2, -0.15) is 4.31 Å². The third kappa shape index (κ3) is 5.64. The van der Waals surface area contributed by atoms with E-state index in [1.54, 1.807) is 12.1 Å². The Hall–Kier alpha value is -2.78. The summed E-state index contributed by atoms with van der Waals surface area (Å²) in [5.41, 5.74) is 1.86. The lowest BCUT2D eigenvalue weighted by molar-refractivity contribution is -0.384. The van der Waals surface area contributed by atoms with Gasteiger partial charge in [0, 0.05) is 24.4 Å². The number of carbonyl (C=O) groups excluding carboxylic acids is 1. The number of hydrogen-bond donors (Lipinski definition) is 1. The number of amides is 1. The Labute approximate surface area is 151 Å². The van der Waals surface area contributed by atoms with Gasteiger partial charge >= 0.3 is 0 Å². The molecule has 138 valence electrons. The molecule has 0 spiro atoms. The van der Waals surface area contributed by atoms with Crippen molar-refractivity contribution in [1.29, 1.82) is 0 Å². The zero-order chi connectivity index (χ0) is 19.3. The van der Waals surface area contributed by atoms with Crippen LogP contribution < -0.4 is 5.32 Å². The molecule has 2 aromatic carbocycles. The zero-order valence-corrected chi connectivity index (χ0v) is 15.2. The lowest BCUT2D eigenvalue weighted by Crippen LogP contribution is -2.36. The minimum Gasteiger partial charge on any atom is -0.325 e. The fourth-order valence-corrected chi connectivity index (χ4v) is 2.98. The monoisotopic (exact) mass is 377 g/mol. The minimum atomic E-state index is -3.62. The largest absolute Gasteiger partial charge is 0.325 e. The average Bonchev–Trinajstić information content (AvgIpc) is 2.55. The van der Waals surface area contributed by atoms with Crippen LogP contribution in [-0.4, -0.2) is 36.4 Å². The molecule has 1 amide bonds. The van der Waals surface area contributed by atoms with Crippen LogP contribution in [0.2, 0.25) is 0 Å². The topological polar surface area (TPSA) is 110 Å². The number of benzene rings is 2. The fraction of sp³-hybridized carbons (Fsp3) is 0.235. The highest BCUT2D eigenvalue weighted by Crippen LogP contribution is 2.17. The Bertz CT molecular complexity index is 910. The number of anilines is 1. The molecular formula is C17H19N3O5S. The number of rotatable bonds is 7. The van der Waals surface area contributed by atoms with Gasteiger partial charge in [-0.05, 0) is 18.6 Å². The second-order valence-corrected chi connectivity index (χ2v) is 7.85. The van der Waals surface area contributed by atoms with Crippen molar-refractivity contribution in [2.24, 2.45) is 0 Å². The Morgan fingerprint density at radius 2 is 1.85 bits per heavy atom. The van der Waals surface area contributed by atoms with Crippen LogP contribution in [0.1, 0.15) is 11.1 Å². The van der Waals surface area contributed by atoms with Crippen molar-refractivity contribution in [3.8, 4) is 0 Å². The molecule has 0 aliphatic carbocycles. The van der Waals surface area contributed by atoms with Gasteiger partial charge in [0.25, 0.3) is 5.69 Å². The summed E-state index contributed by atoms with van der Waals surface area (Å²) < 4.78 is 25.0. The quantitative estimate of drug-likeness (QED) is 0.588. The first-order chi connectivity index (χ1) is 12.1. The smallest absolute Gasteiger partial charge is 0.271 e. The normalized spacial score (nSPS) is 11.3. The molecule has 0 heterocycles. The summed E-state index contributed by atoms with van der Waals surface area (Å²) in [6.07, 6.45) is 1.03. The van der Waals surface area contributed by atoms with Crippen molar-refractivity contribution in [2.45, 2.75) is 13.5 Å². The van der Waals surface area contributed by atoms with E-state index >= 15 is 0 Å². The van der Waals surface area contributed by atoms with Crippen molar-refractivity contribution in [3.63, 3.8) is 0 Å². The maximum absolute atomic E-state index is 12.2. The first-order valence-electron chi connectivity index (χ1n) is 7.70. The van der Waals surface area contributed by atoms with Crippen LogP contribution in [0.4, 0.5) is 11.4 Å². The van der Waals surface area contributed by atoms with Gasteiger partial charge in [-0.1, -0.05) is 35.9 Å². The van der Waals surface area contributed by atoms with Gasteiger partial charge in [0.2, 0.25) is 15.9 Å². The zero-order valence-electron chi connectivity index (χ0n) is 14.4. The first kappa shape index (κ1) is 19.5. The molecule has 8 nitrogen and oxygen atoms in total. The Morgan fingerprint density at radius 1 is 1.19 bits per heavy atom. The Balaban J connectivity index is 2.10. The SMILES string of the molecule is Cc1ccc(CN(CC(=O)Nc2cccc([N+](=O)[O-])c2)S(C)(=O)=O)cc1. The Morgan fingerprint density at radius 3 is 2.42 bits per heavy atom. The molecule has 2 aromatic rings. The van der Waals surface area contributed by atoms with Crippen molar-refractivity contribution in [2.75, 3.05) is 18.1 Å². The second-order valence-electron chi connectivity index (χ2n) is 5.87. The summed E-state index contributed by atoms with van der Waals surface area (Å²) in [5.74, 6) is -0.581. The van der Waals surface area contributed by atoms with Gasteiger partial charge in [-0.15, -0.1) is 0 Å². The molecule has 0 saturated carbocycles. The number of aryl methyl sites for hydroxylation is 1. The standard InChI is InChI=1S/C17H19N3O5S/c1-13-6-8-14(9-7-13)11-19(26(2,24)25)12-17(21)18-15-4-3-5-16(10-15)20(22)23/h3-10H,11-12H2,1-2H3,(H,18,21). The van der Waals surface area contributed by atoms with Crippen LogP contribution in [0.3, 0.4) is 0 Å². The van der Waals surface area contributed by atoms with Crippen molar-refractivity contribution >= 4 is 27.3 Å². The molecule has 0 saturated heterocycles. The van der Waals surface area contributed by atoms with E-state index in [-0.39, 0.29) is 17.9 Å². The lowest BCUT2D eigenvalue weighted by atomic mass is 10.1. The highest BCUT2D eigenvalue weighted by Gasteiger charge is 2.21. The van der Waals surface area contributed by atoms with Crippen LogP contribution in [0.5, 0.6) is 0 Å². The molecule has 0 atom stereocenters. The Kier molecular flexibility index (Phi) is 6.06. The molecule has 0 fully saturated rings. The average molecular weight is 377 g/mol. The van der Waals surface area contributed by atoms with E-state index in [9.17, 15) is 23.3 Å². The number of carbonyl (C=O) groups is 1. The third-order valence-electron chi connectivity index (χ3n) is 3.61. The predicted octanol–water partition coefficient (Wildman–Crippen LogP) is 2.30. The van der Waals surface area contributed by atoms with Gasteiger partial charge < -0.3 is 5.32 Å². The molecule has 1 N–H and O–H groups in total. The van der Waals surface area contributed by atoms with Crippen molar-refractivity contribution in [3.05, 3.63) is 69.8 Å². The van der Waals surface area contributed by atoms with Crippen LogP contribution in [0, 0.1) is 17.0 Å². The number of nitrogens with zero attached hydrogens (tertiary/aromatic N) is 2. The highest BCUT2D eigenvalue weighted by molar-refractivity contribution is 7.88. The predicted molar refractivity (Wildman–Crippen MR) is 98.2 cm³/mol. The van der Waals surface area contributed by atoms with Crippen LogP contribution in [0.15, 0.2) is 48.5 Å². The lowest BCUT2D eigenvalue weighted by Gasteiger charge is -2.19. The van der Waals surface area contributed by atoms with Crippen LogP contribution in [0.25, 0.3) is 0 Å². The van der Waals surface area contributed by atoms with E-state index in [1.807, 2.05) is 19.1 Å². The third-order valence-corrected chi connectivity index (χ3v) is 4.81. The summed E-state index contributed by atoms with van der Waals surface area (Å²) in [6, 6.07) is 12.8.